The Balaban J connectivity index is 0.00000127. The smallest absolute Gasteiger partial charge is 0.665 e. The molecule has 27 heavy (non-hydrogen) atoms. The Labute approximate surface area is 233 Å². The standard InChI is InChI=1S/C19H16N2O.CHO2.Rb.Y/c1-14-7-9-16(10-8-14)19(22)12-11-17-13-18(21-20-17)15-5-3-2-4-6-15;2-1-3;;/h2-10,13H,1,11-12H2;(H,2,3);;/q-2;-1;+1;. The molecule has 3 aromatic rings. The van der Waals surface area contributed by atoms with Crippen molar-refractivity contribution in [1.82, 2.24) is 10.2 Å². The van der Waals surface area contributed by atoms with E-state index in [4.69, 9.17) is 9.90 Å². The molecule has 7 heteroatoms. The second-order valence-corrected chi connectivity index (χ2v) is 5.30. The molecule has 0 fully saturated rings. The molecule has 131 valence electrons. The number of carbonyl (C=O) groups is 1. The zero-order chi connectivity index (χ0) is 18.1. The van der Waals surface area contributed by atoms with Crippen LogP contribution in [0.3, 0.4) is 0 Å². The van der Waals surface area contributed by atoms with Crippen molar-refractivity contribution in [3.05, 3.63) is 84.4 Å². The van der Waals surface area contributed by atoms with Gasteiger partial charge >= 0.3 is 58.2 Å². The molecule has 0 bridgehead atoms. The third-order valence-electron chi connectivity index (χ3n) is 3.54. The molecule has 1 N–H and O–H groups in total. The van der Waals surface area contributed by atoms with Crippen molar-refractivity contribution < 1.29 is 106 Å². The minimum Gasteiger partial charge on any atom is -0.665 e. The van der Waals surface area contributed by atoms with Gasteiger partial charge in [0.25, 0.3) is 0 Å². The van der Waals surface area contributed by atoms with Gasteiger partial charge < -0.3 is 20.1 Å². The van der Waals surface area contributed by atoms with Crippen LogP contribution in [-0.2, 0) is 43.9 Å². The van der Waals surface area contributed by atoms with Gasteiger partial charge in [-0.3, -0.25) is 4.79 Å². The van der Waals surface area contributed by atoms with Crippen molar-refractivity contribution in [3.63, 3.8) is 0 Å². The van der Waals surface area contributed by atoms with Crippen molar-refractivity contribution in [2.45, 2.75) is 12.8 Å². The van der Waals surface area contributed by atoms with Crippen molar-refractivity contribution in [2.24, 2.45) is 0 Å². The van der Waals surface area contributed by atoms with Crippen molar-refractivity contribution >= 4 is 12.3 Å². The van der Waals surface area contributed by atoms with E-state index in [1.807, 2.05) is 60.7 Å². The van der Waals surface area contributed by atoms with Gasteiger partial charge in [0.2, 0.25) is 0 Å². The maximum atomic E-state index is 12.1. The van der Waals surface area contributed by atoms with E-state index in [9.17, 15) is 4.79 Å². The van der Waals surface area contributed by atoms with Crippen molar-refractivity contribution in [2.75, 3.05) is 0 Å². The molecule has 2 aromatic carbocycles. The Hall–Kier alpha value is -0.431. The number of aromatic nitrogens is 2. The van der Waals surface area contributed by atoms with E-state index in [1.165, 1.54) is 0 Å². The average molecular weight is 508 g/mol. The van der Waals surface area contributed by atoms with E-state index in [2.05, 4.69) is 17.1 Å². The molecular weight excluding hydrogens is 491 g/mol. The molecule has 0 aliphatic heterocycles. The quantitative estimate of drug-likeness (QED) is 0.397. The number of ketones is 1. The fourth-order valence-corrected chi connectivity index (χ4v) is 2.28. The van der Waals surface area contributed by atoms with Gasteiger partial charge in [0.15, 0.2) is 5.78 Å². The first-order valence-electron chi connectivity index (χ1n) is 7.65. The number of carbonyl (C=O) groups excluding carboxylic acids is 1. The van der Waals surface area contributed by atoms with Crippen LogP contribution in [0.5, 0.6) is 0 Å². The van der Waals surface area contributed by atoms with Crippen molar-refractivity contribution in [3.8, 4) is 11.3 Å². The Bertz CT molecular complexity index is 821. The van der Waals surface area contributed by atoms with E-state index in [-0.39, 0.29) is 96.7 Å². The maximum Gasteiger partial charge on any atom is 1.00 e. The van der Waals surface area contributed by atoms with Crippen LogP contribution in [0, 0.1) is 6.92 Å². The van der Waals surface area contributed by atoms with Gasteiger partial charge in [-0.05, 0) is 17.5 Å². The molecule has 1 aromatic heterocycles. The van der Waals surface area contributed by atoms with Gasteiger partial charge in [0.1, 0.15) is 0 Å². The van der Waals surface area contributed by atoms with Crippen LogP contribution in [0.25, 0.3) is 11.3 Å². The molecule has 0 saturated carbocycles. The fraction of sp³-hybridized carbons (Fsp3) is 0.100. The summed E-state index contributed by atoms with van der Waals surface area (Å²) in [5.41, 5.74) is 4.37. The molecule has 0 saturated heterocycles. The summed E-state index contributed by atoms with van der Waals surface area (Å²) in [6.45, 7) is 4.32. The van der Waals surface area contributed by atoms with Crippen LogP contribution in [0.1, 0.15) is 28.0 Å². The summed E-state index contributed by atoms with van der Waals surface area (Å²) in [7, 11) is 0. The Morgan fingerprint density at radius 3 is 2.30 bits per heavy atom. The molecule has 3 rings (SSSR count). The van der Waals surface area contributed by atoms with E-state index >= 15 is 0 Å². The van der Waals surface area contributed by atoms with Crippen LogP contribution < -0.4 is 63.3 Å². The summed E-state index contributed by atoms with van der Waals surface area (Å²) in [4.78, 5) is 20.4. The number of hydrogen-bond acceptors (Lipinski definition) is 3. The zero-order valence-electron chi connectivity index (χ0n) is 15.1. The second-order valence-electron chi connectivity index (χ2n) is 5.30. The van der Waals surface area contributed by atoms with E-state index < -0.39 is 0 Å². The van der Waals surface area contributed by atoms with Gasteiger partial charge in [-0.2, -0.15) is 24.6 Å². The van der Waals surface area contributed by atoms with E-state index in [0.717, 1.165) is 28.1 Å². The first kappa shape index (κ1) is 26.6. The van der Waals surface area contributed by atoms with E-state index in [0.29, 0.717) is 19.3 Å². The van der Waals surface area contributed by atoms with Crippen LogP contribution in [0.15, 0.2) is 60.7 Å². The Morgan fingerprint density at radius 2 is 1.70 bits per heavy atom. The maximum absolute atomic E-state index is 12.1. The number of benzene rings is 2. The van der Waals surface area contributed by atoms with Crippen LogP contribution in [0.4, 0.5) is 0 Å². The predicted molar refractivity (Wildman–Crippen MR) is 94.9 cm³/mol. The van der Waals surface area contributed by atoms with E-state index in [1.54, 1.807) is 0 Å². The summed E-state index contributed by atoms with van der Waals surface area (Å²) in [5, 5.41) is 15.1. The largest absolute Gasteiger partial charge is 1.00 e. The minimum absolute atomic E-state index is 0. The second kappa shape index (κ2) is 14.6. The first-order chi connectivity index (χ1) is 12.1. The number of Topliss-reactive ketones (excluding diaryl/α,β-unsaturated/α-hetero) is 1. The van der Waals surface area contributed by atoms with Gasteiger partial charge in [0.05, 0.1) is 0 Å². The first-order valence-corrected chi connectivity index (χ1v) is 7.65. The SMILES string of the molecule is O=[C-]O.[CH2-]c1ccc(C(=O)CCc2cc(-c3ccccc3)n[n-]2)cc1.[Rb+].[Y]. The van der Waals surface area contributed by atoms with Gasteiger partial charge in [0, 0.05) is 44.8 Å². The summed E-state index contributed by atoms with van der Waals surface area (Å²) in [6.07, 6.45) is 1.04. The van der Waals surface area contributed by atoms with Crippen molar-refractivity contribution in [1.29, 1.82) is 0 Å². The topological polar surface area (TPSA) is 81.4 Å². The van der Waals surface area contributed by atoms with Crippen LogP contribution in [-0.4, -0.2) is 22.5 Å². The molecule has 0 atom stereocenters. The molecule has 0 aliphatic carbocycles. The van der Waals surface area contributed by atoms with Gasteiger partial charge in [-0.25, -0.2) is 0 Å². The van der Waals surface area contributed by atoms with Gasteiger partial charge in [-0.1, -0.05) is 42.9 Å². The zero-order valence-corrected chi connectivity index (χ0v) is 22.9. The third-order valence-corrected chi connectivity index (χ3v) is 3.54. The van der Waals surface area contributed by atoms with Gasteiger partial charge in [-0.15, -0.1) is 17.8 Å². The summed E-state index contributed by atoms with van der Waals surface area (Å²) in [5.74, 6) is 0.115. The normalized spacial score (nSPS) is 9.04. The Morgan fingerprint density at radius 1 is 1.11 bits per heavy atom. The third kappa shape index (κ3) is 9.07. The molecule has 1 radical (unpaired) electrons. The summed E-state index contributed by atoms with van der Waals surface area (Å²) >= 11 is 0. The molecule has 0 spiro atoms. The van der Waals surface area contributed by atoms with Crippen LogP contribution in [0.2, 0.25) is 0 Å². The molecule has 0 unspecified atom stereocenters. The molecule has 0 amide bonds. The average Bonchev–Trinajstić information content (AvgIpc) is 3.11. The fourth-order valence-electron chi connectivity index (χ4n) is 2.28. The monoisotopic (exact) mass is 507 g/mol. The molecule has 1 heterocycles. The predicted octanol–water partition coefficient (Wildman–Crippen LogP) is 0.317. The number of aryl methyl sites for hydroxylation is 1. The molecular formula is C20H17N2O3RbY-2. The summed E-state index contributed by atoms with van der Waals surface area (Å²) < 4.78 is 0. The number of hydrogen-bond donors (Lipinski definition) is 1. The number of aliphatic hydroxyl groups excluding tert-OH is 1. The summed E-state index contributed by atoms with van der Waals surface area (Å²) in [6, 6.07) is 19.2. The molecule has 5 nitrogen and oxygen atoms in total. The number of rotatable bonds is 5. The number of nitrogens with zero attached hydrogens (tertiary/aromatic N) is 2. The Kier molecular flexibility index (Phi) is 14.3. The van der Waals surface area contributed by atoms with Crippen LogP contribution >= 0.6 is 0 Å². The minimum atomic E-state index is 0. The molecule has 0 aliphatic rings.